The van der Waals surface area contributed by atoms with E-state index in [1.165, 1.54) is 18.6 Å². The molecule has 0 aliphatic rings. The first kappa shape index (κ1) is 18.7. The van der Waals surface area contributed by atoms with Crippen LogP contribution in [0.25, 0.3) is 11.3 Å². The number of benzene rings is 1. The monoisotopic (exact) mass is 384 g/mol. The van der Waals surface area contributed by atoms with Crippen LogP contribution in [0.2, 0.25) is 0 Å². The fraction of sp³-hybridized carbons (Fsp3) is 0.278. The molecular formula is C18H20N6O2S. The van der Waals surface area contributed by atoms with Crippen LogP contribution in [0.15, 0.2) is 30.3 Å². The molecular weight excluding hydrogens is 364 g/mol. The molecule has 0 atom stereocenters. The fourth-order valence-electron chi connectivity index (χ4n) is 2.53. The van der Waals surface area contributed by atoms with Crippen LogP contribution in [-0.2, 0) is 6.54 Å². The molecule has 0 saturated heterocycles. The number of carbonyl (C=O) groups excluding carboxylic acids is 1. The lowest BCUT2D eigenvalue weighted by Crippen LogP contribution is -2.22. The Bertz CT molecular complexity index is 939. The van der Waals surface area contributed by atoms with Gasteiger partial charge in [0.2, 0.25) is 11.8 Å². The second-order valence-corrected chi connectivity index (χ2v) is 6.99. The van der Waals surface area contributed by atoms with Gasteiger partial charge in [-0.2, -0.15) is 4.98 Å². The minimum atomic E-state index is -0.163. The van der Waals surface area contributed by atoms with Gasteiger partial charge in [0.05, 0.1) is 29.9 Å². The third-order valence-corrected chi connectivity index (χ3v) is 4.65. The van der Waals surface area contributed by atoms with Crippen LogP contribution in [0.4, 0.5) is 5.95 Å². The highest BCUT2D eigenvalue weighted by Gasteiger charge is 2.13. The molecule has 0 spiro atoms. The SMILES string of the molecule is COc1cc(-c2ccc(C(=O)NCc3snnc3C(C)C)cc2)nc(N)n1. The minimum Gasteiger partial charge on any atom is -0.481 e. The first-order valence-corrected chi connectivity index (χ1v) is 9.13. The Hall–Kier alpha value is -3.07. The number of nitrogens with one attached hydrogen (secondary N) is 1. The molecule has 0 radical (unpaired) electrons. The number of hydrogen-bond donors (Lipinski definition) is 2. The zero-order chi connectivity index (χ0) is 19.4. The van der Waals surface area contributed by atoms with Crippen molar-refractivity contribution in [1.29, 1.82) is 0 Å². The van der Waals surface area contributed by atoms with Gasteiger partial charge < -0.3 is 15.8 Å². The van der Waals surface area contributed by atoms with Crippen molar-refractivity contribution in [1.82, 2.24) is 24.9 Å². The van der Waals surface area contributed by atoms with E-state index in [-0.39, 0.29) is 17.8 Å². The lowest BCUT2D eigenvalue weighted by atomic mass is 10.1. The van der Waals surface area contributed by atoms with E-state index in [2.05, 4.69) is 38.7 Å². The number of ether oxygens (including phenoxy) is 1. The van der Waals surface area contributed by atoms with Gasteiger partial charge in [-0.1, -0.05) is 30.5 Å². The van der Waals surface area contributed by atoms with Gasteiger partial charge in [0.1, 0.15) is 0 Å². The van der Waals surface area contributed by atoms with Crippen molar-refractivity contribution in [3.05, 3.63) is 46.5 Å². The number of anilines is 1. The fourth-order valence-corrected chi connectivity index (χ4v) is 3.26. The van der Waals surface area contributed by atoms with Crippen molar-refractivity contribution in [3.8, 4) is 17.1 Å². The summed E-state index contributed by atoms with van der Waals surface area (Å²) in [6.45, 7) is 4.51. The summed E-state index contributed by atoms with van der Waals surface area (Å²) in [5.41, 5.74) is 8.61. The van der Waals surface area contributed by atoms with Crippen molar-refractivity contribution < 1.29 is 9.53 Å². The van der Waals surface area contributed by atoms with Crippen LogP contribution >= 0.6 is 11.5 Å². The van der Waals surface area contributed by atoms with Crippen molar-refractivity contribution >= 4 is 23.4 Å². The Morgan fingerprint density at radius 1 is 1.26 bits per heavy atom. The van der Waals surface area contributed by atoms with Crippen molar-refractivity contribution in [3.63, 3.8) is 0 Å². The molecule has 3 aromatic rings. The molecule has 3 rings (SSSR count). The van der Waals surface area contributed by atoms with Crippen molar-refractivity contribution in [2.45, 2.75) is 26.3 Å². The molecule has 2 aromatic heterocycles. The summed E-state index contributed by atoms with van der Waals surface area (Å²) in [6, 6.07) is 8.79. The highest BCUT2D eigenvalue weighted by atomic mass is 32.1. The molecule has 1 aromatic carbocycles. The van der Waals surface area contributed by atoms with Gasteiger partial charge >= 0.3 is 0 Å². The van der Waals surface area contributed by atoms with Crippen molar-refractivity contribution in [2.24, 2.45) is 0 Å². The van der Waals surface area contributed by atoms with E-state index in [1.807, 2.05) is 12.1 Å². The van der Waals surface area contributed by atoms with Gasteiger partial charge in [0.15, 0.2) is 0 Å². The van der Waals surface area contributed by atoms with Crippen molar-refractivity contribution in [2.75, 3.05) is 12.8 Å². The second-order valence-electron chi connectivity index (χ2n) is 6.15. The number of methoxy groups -OCH3 is 1. The van der Waals surface area contributed by atoms with E-state index >= 15 is 0 Å². The van der Waals surface area contributed by atoms with Crippen LogP contribution in [0.3, 0.4) is 0 Å². The maximum Gasteiger partial charge on any atom is 0.251 e. The number of nitrogen functional groups attached to an aromatic ring is 1. The number of hydrogen-bond acceptors (Lipinski definition) is 8. The number of nitrogens with two attached hydrogens (primary N) is 1. The van der Waals surface area contributed by atoms with Crippen LogP contribution in [0.1, 0.15) is 40.7 Å². The molecule has 0 bridgehead atoms. The summed E-state index contributed by atoms with van der Waals surface area (Å²) in [4.78, 5) is 21.5. The number of amides is 1. The highest BCUT2D eigenvalue weighted by molar-refractivity contribution is 7.05. The van der Waals surface area contributed by atoms with Gasteiger partial charge in [-0.05, 0) is 29.6 Å². The minimum absolute atomic E-state index is 0.130. The standard InChI is InChI=1S/C18H20N6O2S/c1-10(2)16-14(27-24-23-16)9-20-17(25)12-6-4-11(5-7-12)13-8-15(26-3)22-18(19)21-13/h4-8,10H,9H2,1-3H3,(H,20,25)(H2,19,21,22). The summed E-state index contributed by atoms with van der Waals surface area (Å²) < 4.78 is 9.08. The summed E-state index contributed by atoms with van der Waals surface area (Å²) >= 11 is 1.31. The molecule has 1 amide bonds. The smallest absolute Gasteiger partial charge is 0.251 e. The van der Waals surface area contributed by atoms with E-state index in [9.17, 15) is 4.79 Å². The topological polar surface area (TPSA) is 116 Å². The summed E-state index contributed by atoms with van der Waals surface area (Å²) in [6.07, 6.45) is 0. The Kier molecular flexibility index (Phi) is 5.60. The van der Waals surface area contributed by atoms with Gasteiger partial charge in [0.25, 0.3) is 5.91 Å². The largest absolute Gasteiger partial charge is 0.481 e. The molecule has 2 heterocycles. The predicted molar refractivity (Wildman–Crippen MR) is 104 cm³/mol. The predicted octanol–water partition coefficient (Wildman–Crippen LogP) is 2.64. The van der Waals surface area contributed by atoms with Gasteiger partial charge in [-0.3, -0.25) is 4.79 Å². The van der Waals surface area contributed by atoms with Crippen LogP contribution in [0.5, 0.6) is 5.88 Å². The Morgan fingerprint density at radius 2 is 2.00 bits per heavy atom. The summed E-state index contributed by atoms with van der Waals surface area (Å²) in [7, 11) is 1.52. The molecule has 0 fully saturated rings. The average Bonchev–Trinajstić information content (AvgIpc) is 3.14. The van der Waals surface area contributed by atoms with Gasteiger partial charge in [-0.15, -0.1) is 5.10 Å². The maximum atomic E-state index is 12.4. The average molecular weight is 384 g/mol. The number of aromatic nitrogens is 4. The van der Waals surface area contributed by atoms with E-state index < -0.39 is 0 Å². The summed E-state index contributed by atoms with van der Waals surface area (Å²) in [5.74, 6) is 0.625. The molecule has 3 N–H and O–H groups in total. The van der Waals surface area contributed by atoms with Crippen LogP contribution in [0, 0.1) is 0 Å². The van der Waals surface area contributed by atoms with Gasteiger partial charge in [-0.25, -0.2) is 4.98 Å². The number of nitrogens with zero attached hydrogens (tertiary/aromatic N) is 4. The second kappa shape index (κ2) is 8.09. The first-order valence-electron chi connectivity index (χ1n) is 8.36. The third kappa shape index (κ3) is 4.37. The summed E-state index contributed by atoms with van der Waals surface area (Å²) in [5, 5.41) is 7.03. The van der Waals surface area contributed by atoms with Crippen LogP contribution in [-0.4, -0.2) is 32.6 Å². The van der Waals surface area contributed by atoms with Gasteiger partial charge in [0, 0.05) is 17.2 Å². The zero-order valence-corrected chi connectivity index (χ0v) is 16.1. The lowest BCUT2D eigenvalue weighted by molar-refractivity contribution is 0.0951. The highest BCUT2D eigenvalue weighted by Crippen LogP contribution is 2.22. The number of carbonyl (C=O) groups is 1. The molecule has 27 heavy (non-hydrogen) atoms. The molecule has 9 heteroatoms. The normalized spacial score (nSPS) is 10.8. The third-order valence-electron chi connectivity index (χ3n) is 3.91. The van der Waals surface area contributed by atoms with E-state index in [1.54, 1.807) is 18.2 Å². The Labute approximate surface area is 161 Å². The van der Waals surface area contributed by atoms with E-state index in [0.29, 0.717) is 23.7 Å². The van der Waals surface area contributed by atoms with E-state index in [4.69, 9.17) is 10.5 Å². The molecule has 8 nitrogen and oxygen atoms in total. The molecule has 140 valence electrons. The quantitative estimate of drug-likeness (QED) is 0.671. The van der Waals surface area contributed by atoms with Crippen LogP contribution < -0.4 is 15.8 Å². The first-order chi connectivity index (χ1) is 13.0. The maximum absolute atomic E-state index is 12.4. The lowest BCUT2D eigenvalue weighted by Gasteiger charge is -2.08. The Morgan fingerprint density at radius 3 is 2.67 bits per heavy atom. The molecule has 0 saturated carbocycles. The molecule has 0 aliphatic carbocycles. The Balaban J connectivity index is 1.70. The molecule has 0 unspecified atom stereocenters. The van der Waals surface area contributed by atoms with E-state index in [0.717, 1.165) is 16.1 Å². The molecule has 0 aliphatic heterocycles. The number of rotatable bonds is 6. The zero-order valence-electron chi connectivity index (χ0n) is 15.3.